The molecule has 0 rings (SSSR count). The third-order valence-electron chi connectivity index (χ3n) is 0.910. The van der Waals surface area contributed by atoms with Crippen LogP contribution < -0.4 is 0 Å². The number of ether oxygens (including phenoxy) is 1. The van der Waals surface area contributed by atoms with Crippen LogP contribution in [0, 0.1) is 0 Å². The quantitative estimate of drug-likeness (QED) is 0.479. The number of hydrogen-bond acceptors (Lipinski definition) is 3. The van der Waals surface area contributed by atoms with Crippen molar-refractivity contribution in [1.82, 2.24) is 0 Å². The number of Topliss-reactive ketones (excluding diaryl/α,β-unsaturated/α-hetero) is 1. The van der Waals surface area contributed by atoms with E-state index in [1.54, 1.807) is 6.92 Å². The molecule has 60 valence electrons. The Morgan fingerprint density at radius 2 is 2.40 bits per heavy atom. The lowest BCUT2D eigenvalue weighted by Gasteiger charge is -2.07. The van der Waals surface area contributed by atoms with Gasteiger partial charge in [0.15, 0.2) is 12.1 Å². The molecule has 4 heteroatoms. The van der Waals surface area contributed by atoms with Gasteiger partial charge in [-0.05, 0) is 6.92 Å². The van der Waals surface area contributed by atoms with Crippen molar-refractivity contribution in [3.8, 4) is 0 Å². The van der Waals surface area contributed by atoms with Crippen molar-refractivity contribution in [3.05, 3.63) is 0 Å². The summed E-state index contributed by atoms with van der Waals surface area (Å²) >= 11 is 5.18. The fourth-order valence-corrected chi connectivity index (χ4v) is 0.610. The van der Waals surface area contributed by atoms with Crippen LogP contribution in [-0.2, 0) is 9.53 Å². The second kappa shape index (κ2) is 5.65. The van der Waals surface area contributed by atoms with Crippen LogP contribution in [-0.4, -0.2) is 29.7 Å². The second-order valence-corrected chi connectivity index (χ2v) is 2.05. The van der Waals surface area contributed by atoms with E-state index in [2.05, 4.69) is 0 Å². The average Bonchev–Trinajstić information content (AvgIpc) is 1.88. The molecule has 0 aromatic carbocycles. The molecule has 1 N–H and O–H groups in total. The molecule has 0 saturated carbocycles. The molecule has 0 aromatic rings. The van der Waals surface area contributed by atoms with Gasteiger partial charge >= 0.3 is 0 Å². The number of alkyl halides is 1. The van der Waals surface area contributed by atoms with E-state index in [1.807, 2.05) is 0 Å². The molecule has 0 spiro atoms. The number of halogens is 1. The average molecular weight is 167 g/mol. The van der Waals surface area contributed by atoms with E-state index >= 15 is 0 Å². The molecule has 0 fully saturated rings. The van der Waals surface area contributed by atoms with Gasteiger partial charge in [0.05, 0.1) is 12.3 Å². The predicted molar refractivity (Wildman–Crippen MR) is 38.0 cm³/mol. The molecular weight excluding hydrogens is 156 g/mol. The first-order valence-electron chi connectivity index (χ1n) is 3.08. The molecule has 0 aliphatic rings. The fraction of sp³-hybridized carbons (Fsp3) is 0.833. The van der Waals surface area contributed by atoms with Crippen LogP contribution in [0.15, 0.2) is 0 Å². The standard InChI is InChI=1S/C6H11ClO3/c1-2-10-6(9)3-5(8)4-7/h6,9H,2-4H2,1H3. The maximum absolute atomic E-state index is 10.5. The summed E-state index contributed by atoms with van der Waals surface area (Å²) in [5, 5.41) is 8.85. The summed E-state index contributed by atoms with van der Waals surface area (Å²) in [5.41, 5.74) is 0. The monoisotopic (exact) mass is 166 g/mol. The Labute approximate surface area is 64.9 Å². The summed E-state index contributed by atoms with van der Waals surface area (Å²) in [7, 11) is 0. The third-order valence-corrected chi connectivity index (χ3v) is 1.21. The first-order chi connectivity index (χ1) is 4.70. The third kappa shape index (κ3) is 4.73. The van der Waals surface area contributed by atoms with Gasteiger partial charge in [0, 0.05) is 6.61 Å². The highest BCUT2D eigenvalue weighted by Crippen LogP contribution is 1.96. The van der Waals surface area contributed by atoms with Crippen LogP contribution in [0.5, 0.6) is 0 Å². The van der Waals surface area contributed by atoms with E-state index < -0.39 is 6.29 Å². The van der Waals surface area contributed by atoms with Crippen LogP contribution >= 0.6 is 11.6 Å². The minimum atomic E-state index is -0.990. The molecule has 0 bridgehead atoms. The van der Waals surface area contributed by atoms with E-state index in [1.165, 1.54) is 0 Å². The zero-order chi connectivity index (χ0) is 7.98. The molecule has 0 aliphatic carbocycles. The van der Waals surface area contributed by atoms with Crippen LogP contribution in [0.3, 0.4) is 0 Å². The second-order valence-electron chi connectivity index (χ2n) is 1.79. The lowest BCUT2D eigenvalue weighted by molar-refractivity contribution is -0.133. The summed E-state index contributed by atoms with van der Waals surface area (Å²) in [6.07, 6.45) is -1.01. The number of aliphatic hydroxyl groups excluding tert-OH is 1. The van der Waals surface area contributed by atoms with E-state index in [0.717, 1.165) is 0 Å². The van der Waals surface area contributed by atoms with Gasteiger partial charge in [-0.25, -0.2) is 0 Å². The summed E-state index contributed by atoms with van der Waals surface area (Å²) in [6.45, 7) is 2.14. The van der Waals surface area contributed by atoms with Crippen molar-refractivity contribution >= 4 is 17.4 Å². The summed E-state index contributed by atoms with van der Waals surface area (Å²) in [5.74, 6) is -0.271. The van der Waals surface area contributed by atoms with E-state index in [0.29, 0.717) is 6.61 Å². The van der Waals surface area contributed by atoms with Gasteiger partial charge in [0.2, 0.25) is 0 Å². The predicted octanol–water partition coefficient (Wildman–Crippen LogP) is 0.539. The van der Waals surface area contributed by atoms with E-state index in [9.17, 15) is 4.79 Å². The number of aliphatic hydroxyl groups is 1. The van der Waals surface area contributed by atoms with Gasteiger partial charge in [-0.3, -0.25) is 4.79 Å². The summed E-state index contributed by atoms with van der Waals surface area (Å²) < 4.78 is 4.69. The van der Waals surface area contributed by atoms with Crippen LogP contribution in [0.1, 0.15) is 13.3 Å². The molecular formula is C6H11ClO3. The first kappa shape index (κ1) is 9.88. The summed E-state index contributed by atoms with van der Waals surface area (Å²) in [4.78, 5) is 10.5. The Morgan fingerprint density at radius 1 is 1.80 bits per heavy atom. The highest BCUT2D eigenvalue weighted by molar-refractivity contribution is 6.27. The van der Waals surface area contributed by atoms with E-state index in [4.69, 9.17) is 21.4 Å². The van der Waals surface area contributed by atoms with Crippen molar-refractivity contribution in [2.75, 3.05) is 12.5 Å². The molecule has 0 aromatic heterocycles. The maximum atomic E-state index is 10.5. The Kier molecular flexibility index (Phi) is 5.58. The lowest BCUT2D eigenvalue weighted by Crippen LogP contribution is -2.17. The van der Waals surface area contributed by atoms with Gasteiger partial charge in [-0.15, -0.1) is 11.6 Å². The number of ketones is 1. The SMILES string of the molecule is CCOC(O)CC(=O)CCl. The lowest BCUT2D eigenvalue weighted by atomic mass is 10.3. The van der Waals surface area contributed by atoms with Crippen LogP contribution in [0.2, 0.25) is 0 Å². The number of carbonyl (C=O) groups excluding carboxylic acids is 1. The Morgan fingerprint density at radius 3 is 2.80 bits per heavy atom. The van der Waals surface area contributed by atoms with Gasteiger partial charge in [0.1, 0.15) is 0 Å². The van der Waals surface area contributed by atoms with Crippen molar-refractivity contribution in [3.63, 3.8) is 0 Å². The Hall–Kier alpha value is -0.120. The largest absolute Gasteiger partial charge is 0.368 e. The molecule has 1 unspecified atom stereocenters. The van der Waals surface area contributed by atoms with Gasteiger partial charge < -0.3 is 9.84 Å². The highest BCUT2D eigenvalue weighted by atomic mass is 35.5. The van der Waals surface area contributed by atoms with Gasteiger partial charge in [0.25, 0.3) is 0 Å². The molecule has 10 heavy (non-hydrogen) atoms. The number of carbonyl (C=O) groups is 1. The van der Waals surface area contributed by atoms with E-state index in [-0.39, 0.29) is 18.1 Å². The van der Waals surface area contributed by atoms with Crippen LogP contribution in [0.4, 0.5) is 0 Å². The molecule has 1 atom stereocenters. The molecule has 0 aliphatic heterocycles. The van der Waals surface area contributed by atoms with Gasteiger partial charge in [-0.1, -0.05) is 0 Å². The number of rotatable bonds is 5. The number of hydrogen-bond donors (Lipinski definition) is 1. The summed E-state index contributed by atoms with van der Waals surface area (Å²) in [6, 6.07) is 0. The first-order valence-corrected chi connectivity index (χ1v) is 3.61. The van der Waals surface area contributed by atoms with Gasteiger partial charge in [-0.2, -0.15) is 0 Å². The minimum absolute atomic E-state index is 0.0165. The molecule has 0 radical (unpaired) electrons. The van der Waals surface area contributed by atoms with Crippen molar-refractivity contribution in [2.45, 2.75) is 19.6 Å². The molecule has 0 amide bonds. The topological polar surface area (TPSA) is 46.5 Å². The Bertz CT molecular complexity index is 105. The fourth-order valence-electron chi connectivity index (χ4n) is 0.501. The van der Waals surface area contributed by atoms with Crippen molar-refractivity contribution < 1.29 is 14.6 Å². The molecule has 3 nitrogen and oxygen atoms in total. The normalized spacial score (nSPS) is 13.1. The molecule has 0 saturated heterocycles. The maximum Gasteiger partial charge on any atom is 0.161 e. The van der Waals surface area contributed by atoms with Crippen LogP contribution in [0.25, 0.3) is 0 Å². The zero-order valence-corrected chi connectivity index (χ0v) is 6.60. The smallest absolute Gasteiger partial charge is 0.161 e. The van der Waals surface area contributed by atoms with Crippen molar-refractivity contribution in [1.29, 1.82) is 0 Å². The zero-order valence-electron chi connectivity index (χ0n) is 5.84. The Balaban J connectivity index is 3.37. The van der Waals surface area contributed by atoms with Crippen molar-refractivity contribution in [2.24, 2.45) is 0 Å². The highest BCUT2D eigenvalue weighted by Gasteiger charge is 2.08. The molecule has 0 heterocycles. The minimum Gasteiger partial charge on any atom is -0.368 e.